The Morgan fingerprint density at radius 3 is 2.72 bits per heavy atom. The van der Waals surface area contributed by atoms with Gasteiger partial charge in [0.1, 0.15) is 0 Å². The molecule has 1 aliphatic heterocycles. The minimum absolute atomic E-state index is 0.000790. The number of nitrogens with zero attached hydrogens (tertiary/aromatic N) is 1. The summed E-state index contributed by atoms with van der Waals surface area (Å²) < 4.78 is 6.81. The van der Waals surface area contributed by atoms with Gasteiger partial charge in [-0.25, -0.2) is 4.79 Å². The first-order chi connectivity index (χ1) is 8.50. The van der Waals surface area contributed by atoms with Crippen molar-refractivity contribution in [1.29, 1.82) is 0 Å². The predicted octanol–water partition coefficient (Wildman–Crippen LogP) is 1.36. The van der Waals surface area contributed by atoms with Crippen molar-refractivity contribution in [3.63, 3.8) is 0 Å². The van der Waals surface area contributed by atoms with E-state index in [9.17, 15) is 9.59 Å². The van der Waals surface area contributed by atoms with E-state index in [0.29, 0.717) is 19.8 Å². The molecule has 0 amide bonds. The normalized spacial score (nSPS) is 18.5. The van der Waals surface area contributed by atoms with E-state index in [4.69, 9.17) is 9.84 Å². The van der Waals surface area contributed by atoms with Crippen LogP contribution >= 0.6 is 0 Å². The van der Waals surface area contributed by atoms with E-state index in [2.05, 4.69) is 6.92 Å². The van der Waals surface area contributed by atoms with E-state index in [0.717, 1.165) is 12.8 Å². The fourth-order valence-corrected chi connectivity index (χ4v) is 2.21. The highest BCUT2D eigenvalue weighted by molar-refractivity contribution is 5.87. The molecule has 0 spiro atoms. The monoisotopic (exact) mass is 251 g/mol. The summed E-state index contributed by atoms with van der Waals surface area (Å²) in [7, 11) is 0. The highest BCUT2D eigenvalue weighted by atomic mass is 16.5. The van der Waals surface area contributed by atoms with Gasteiger partial charge in [0.2, 0.25) is 0 Å². The second-order valence-corrected chi connectivity index (χ2v) is 5.11. The number of pyridine rings is 1. The lowest BCUT2D eigenvalue weighted by atomic mass is 9.82. The van der Waals surface area contributed by atoms with Crippen LogP contribution in [0.4, 0.5) is 0 Å². The number of aromatic carboxylic acids is 1. The first kappa shape index (κ1) is 12.8. The van der Waals surface area contributed by atoms with Crippen molar-refractivity contribution in [2.75, 3.05) is 13.2 Å². The number of ether oxygens (including phenoxy) is 1. The summed E-state index contributed by atoms with van der Waals surface area (Å²) in [6.45, 7) is 4.04. The van der Waals surface area contributed by atoms with Gasteiger partial charge >= 0.3 is 5.97 Å². The molecule has 1 N–H and O–H groups in total. The molecule has 0 radical (unpaired) electrons. The summed E-state index contributed by atoms with van der Waals surface area (Å²) in [5.74, 6) is -1.01. The fraction of sp³-hybridized carbons (Fsp3) is 0.538. The molecule has 0 atom stereocenters. The minimum Gasteiger partial charge on any atom is -0.478 e. The molecule has 5 heteroatoms. The molecule has 1 aromatic rings. The van der Waals surface area contributed by atoms with Crippen LogP contribution < -0.4 is 5.56 Å². The predicted molar refractivity (Wildman–Crippen MR) is 65.8 cm³/mol. The molecule has 1 aromatic heterocycles. The van der Waals surface area contributed by atoms with Crippen LogP contribution in [0, 0.1) is 5.41 Å². The molecule has 0 unspecified atom stereocenters. The van der Waals surface area contributed by atoms with Crippen molar-refractivity contribution in [3.8, 4) is 0 Å². The lowest BCUT2D eigenvalue weighted by molar-refractivity contribution is 0.0150. The third-order valence-corrected chi connectivity index (χ3v) is 3.48. The molecule has 0 saturated carbocycles. The number of carboxylic acid groups (broad SMARTS) is 1. The SMILES string of the molecule is CC1(Cn2cc(C(=O)O)ccc2=O)CCOCC1. The zero-order chi connectivity index (χ0) is 13.2. The topological polar surface area (TPSA) is 68.5 Å². The Labute approximate surface area is 105 Å². The molecule has 5 nitrogen and oxygen atoms in total. The van der Waals surface area contributed by atoms with Crippen LogP contribution in [-0.4, -0.2) is 28.9 Å². The highest BCUT2D eigenvalue weighted by Crippen LogP contribution is 2.31. The molecular formula is C13H17NO4. The van der Waals surface area contributed by atoms with Gasteiger partial charge in [0.25, 0.3) is 5.56 Å². The van der Waals surface area contributed by atoms with Crippen LogP contribution in [0.15, 0.2) is 23.1 Å². The Morgan fingerprint density at radius 2 is 2.11 bits per heavy atom. The summed E-state index contributed by atoms with van der Waals surface area (Å²) in [6.07, 6.45) is 3.19. The van der Waals surface area contributed by atoms with Crippen molar-refractivity contribution < 1.29 is 14.6 Å². The summed E-state index contributed by atoms with van der Waals surface area (Å²) in [4.78, 5) is 22.6. The summed E-state index contributed by atoms with van der Waals surface area (Å²) in [5.41, 5.74) is -0.0166. The van der Waals surface area contributed by atoms with Crippen LogP contribution in [0.1, 0.15) is 30.1 Å². The lowest BCUT2D eigenvalue weighted by Gasteiger charge is -2.33. The molecular weight excluding hydrogens is 234 g/mol. The zero-order valence-corrected chi connectivity index (χ0v) is 10.4. The van der Waals surface area contributed by atoms with Crippen molar-refractivity contribution in [3.05, 3.63) is 34.2 Å². The Morgan fingerprint density at radius 1 is 1.44 bits per heavy atom. The van der Waals surface area contributed by atoms with Gasteiger partial charge in [-0.15, -0.1) is 0 Å². The molecule has 18 heavy (non-hydrogen) atoms. The van der Waals surface area contributed by atoms with Gasteiger partial charge in [-0.2, -0.15) is 0 Å². The van der Waals surface area contributed by atoms with E-state index in [1.807, 2.05) is 0 Å². The van der Waals surface area contributed by atoms with Crippen LogP contribution in [0.3, 0.4) is 0 Å². The van der Waals surface area contributed by atoms with Gasteiger partial charge in [-0.05, 0) is 24.3 Å². The van der Waals surface area contributed by atoms with Crippen LogP contribution in [0.5, 0.6) is 0 Å². The summed E-state index contributed by atoms with van der Waals surface area (Å²) >= 11 is 0. The number of hydrogen-bond acceptors (Lipinski definition) is 3. The Balaban J connectivity index is 2.25. The maximum Gasteiger partial charge on any atom is 0.337 e. The molecule has 0 aromatic carbocycles. The first-order valence-corrected chi connectivity index (χ1v) is 6.02. The van der Waals surface area contributed by atoms with E-state index in [1.165, 1.54) is 22.9 Å². The maximum absolute atomic E-state index is 11.7. The first-order valence-electron chi connectivity index (χ1n) is 6.02. The molecule has 1 aliphatic rings. The van der Waals surface area contributed by atoms with Gasteiger partial charge in [-0.1, -0.05) is 6.92 Å². The zero-order valence-electron chi connectivity index (χ0n) is 10.4. The van der Waals surface area contributed by atoms with E-state index >= 15 is 0 Å². The van der Waals surface area contributed by atoms with Crippen LogP contribution in [0.2, 0.25) is 0 Å². The molecule has 0 aliphatic carbocycles. The second kappa shape index (κ2) is 4.94. The highest BCUT2D eigenvalue weighted by Gasteiger charge is 2.28. The van der Waals surface area contributed by atoms with Crippen LogP contribution in [-0.2, 0) is 11.3 Å². The van der Waals surface area contributed by atoms with E-state index < -0.39 is 5.97 Å². The largest absolute Gasteiger partial charge is 0.478 e. The van der Waals surface area contributed by atoms with Crippen LogP contribution in [0.25, 0.3) is 0 Å². The van der Waals surface area contributed by atoms with Gasteiger partial charge < -0.3 is 14.4 Å². The van der Waals surface area contributed by atoms with Gasteiger partial charge in [-0.3, -0.25) is 4.79 Å². The number of carboxylic acids is 1. The quantitative estimate of drug-likeness (QED) is 0.880. The van der Waals surface area contributed by atoms with Gasteiger partial charge in [0.15, 0.2) is 0 Å². The van der Waals surface area contributed by atoms with Crippen molar-refractivity contribution in [1.82, 2.24) is 4.57 Å². The van der Waals surface area contributed by atoms with Crippen molar-refractivity contribution >= 4 is 5.97 Å². The van der Waals surface area contributed by atoms with Gasteiger partial charge in [0, 0.05) is 32.0 Å². The minimum atomic E-state index is -1.01. The van der Waals surface area contributed by atoms with Crippen molar-refractivity contribution in [2.45, 2.75) is 26.3 Å². The van der Waals surface area contributed by atoms with Gasteiger partial charge in [0.05, 0.1) is 5.56 Å². The molecule has 1 fully saturated rings. The lowest BCUT2D eigenvalue weighted by Crippen LogP contribution is -2.34. The average Bonchev–Trinajstić information content (AvgIpc) is 2.32. The molecule has 2 heterocycles. The number of hydrogen-bond donors (Lipinski definition) is 1. The summed E-state index contributed by atoms with van der Waals surface area (Å²) in [5, 5.41) is 8.93. The number of rotatable bonds is 3. The van der Waals surface area contributed by atoms with E-state index in [1.54, 1.807) is 0 Å². The molecule has 98 valence electrons. The third-order valence-electron chi connectivity index (χ3n) is 3.48. The molecule has 2 rings (SSSR count). The smallest absolute Gasteiger partial charge is 0.337 e. The maximum atomic E-state index is 11.7. The third kappa shape index (κ3) is 2.79. The average molecular weight is 251 g/mol. The number of aromatic nitrogens is 1. The fourth-order valence-electron chi connectivity index (χ4n) is 2.21. The Bertz CT molecular complexity index is 500. The number of carbonyl (C=O) groups is 1. The molecule has 0 bridgehead atoms. The standard InChI is InChI=1S/C13H17NO4/c1-13(4-6-18-7-5-13)9-14-8-10(12(16)17)2-3-11(14)15/h2-3,8H,4-7,9H2,1H3,(H,16,17). The van der Waals surface area contributed by atoms with Crippen molar-refractivity contribution in [2.24, 2.45) is 5.41 Å². The Kier molecular flexibility index (Phi) is 3.52. The van der Waals surface area contributed by atoms with E-state index in [-0.39, 0.29) is 16.5 Å². The Hall–Kier alpha value is -1.62. The summed E-state index contributed by atoms with van der Waals surface area (Å²) in [6, 6.07) is 2.65. The second-order valence-electron chi connectivity index (χ2n) is 5.11. The molecule has 1 saturated heterocycles.